The standard InChI is InChI=1S/C31H48N4O6/c1-4-20(2)27-31(41)35-18-12-11-16-25(35)30(40)32-23(15-9-6-10-17-26(37)21(3)36)28(38)33-24(29(39)34-27)19-22-13-7-5-8-14-22/h5,7-8,13-14,20-21,23-27,36-37H,4,6,9-12,15-19H2,1-3H3,(H,32,40)(H,33,38)(H,34,39)/t20-,21+,23-,24+,25-,26-,27+/m0/s1. The molecule has 0 unspecified atom stereocenters. The molecule has 0 bridgehead atoms. The summed E-state index contributed by atoms with van der Waals surface area (Å²) in [6, 6.07) is 6.06. The maximum absolute atomic E-state index is 13.9. The number of nitrogens with one attached hydrogen (secondary N) is 3. The molecule has 4 amide bonds. The molecule has 2 saturated heterocycles. The van der Waals surface area contributed by atoms with Gasteiger partial charge >= 0.3 is 0 Å². The zero-order chi connectivity index (χ0) is 29.9. The van der Waals surface area contributed by atoms with E-state index in [9.17, 15) is 29.4 Å². The fourth-order valence-corrected chi connectivity index (χ4v) is 5.57. The number of nitrogens with zero attached hydrogens (tertiary/aromatic N) is 1. The minimum absolute atomic E-state index is 0.159. The van der Waals surface area contributed by atoms with E-state index >= 15 is 0 Å². The number of unbranched alkanes of at least 4 members (excludes halogenated alkanes) is 2. The zero-order valence-electron chi connectivity index (χ0n) is 24.7. The SMILES string of the molecule is CC[C@H](C)[C@H]1NC(=O)[C@@H](Cc2ccccc2)NC(=O)[C@H](CCCCC[C@H](O)[C@@H](C)O)NC(=O)[C@@H]2CCCCN2C1=O. The Kier molecular flexibility index (Phi) is 12.6. The van der Waals surface area contributed by atoms with Crippen molar-refractivity contribution in [2.45, 2.75) is 121 Å². The van der Waals surface area contributed by atoms with Gasteiger partial charge in [-0.1, -0.05) is 69.9 Å². The van der Waals surface area contributed by atoms with Gasteiger partial charge in [0.1, 0.15) is 24.2 Å². The second-order valence-electron chi connectivity index (χ2n) is 11.7. The Hall–Kier alpha value is -2.98. The average Bonchev–Trinajstić information content (AvgIpc) is 2.97. The number of carbonyl (C=O) groups excluding carboxylic acids is 4. The Morgan fingerprint density at radius 2 is 1.56 bits per heavy atom. The van der Waals surface area contributed by atoms with Gasteiger partial charge in [0, 0.05) is 13.0 Å². The van der Waals surface area contributed by atoms with Crippen molar-refractivity contribution < 1.29 is 29.4 Å². The lowest BCUT2D eigenvalue weighted by molar-refractivity contribution is -0.147. The highest BCUT2D eigenvalue weighted by Gasteiger charge is 2.40. The molecule has 0 aromatic heterocycles. The molecule has 2 aliphatic heterocycles. The van der Waals surface area contributed by atoms with Gasteiger partial charge in [-0.25, -0.2) is 0 Å². The fourth-order valence-electron chi connectivity index (χ4n) is 5.57. The van der Waals surface area contributed by atoms with Gasteiger partial charge in [-0.15, -0.1) is 0 Å². The number of aliphatic hydroxyl groups is 2. The lowest BCUT2D eigenvalue weighted by Gasteiger charge is -2.39. The van der Waals surface area contributed by atoms with Crippen molar-refractivity contribution in [1.82, 2.24) is 20.9 Å². The van der Waals surface area contributed by atoms with E-state index < -0.39 is 48.2 Å². The normalized spacial score (nSPS) is 26.4. The number of piperidine rings is 1. The number of amides is 4. The van der Waals surface area contributed by atoms with Gasteiger partial charge in [0.15, 0.2) is 0 Å². The quantitative estimate of drug-likeness (QED) is 0.256. The number of carbonyl (C=O) groups is 4. The number of aliphatic hydroxyl groups excluding tert-OH is 2. The Morgan fingerprint density at radius 1 is 0.878 bits per heavy atom. The van der Waals surface area contributed by atoms with Gasteiger partial charge in [-0.2, -0.15) is 0 Å². The van der Waals surface area contributed by atoms with E-state index in [1.54, 1.807) is 11.8 Å². The highest BCUT2D eigenvalue weighted by atomic mass is 16.3. The molecule has 228 valence electrons. The Morgan fingerprint density at radius 3 is 2.24 bits per heavy atom. The Labute approximate surface area is 243 Å². The van der Waals surface area contributed by atoms with E-state index in [1.165, 1.54) is 0 Å². The van der Waals surface area contributed by atoms with Crippen LogP contribution in [-0.2, 0) is 25.6 Å². The van der Waals surface area contributed by atoms with E-state index in [-0.39, 0.29) is 24.2 Å². The summed E-state index contributed by atoms with van der Waals surface area (Å²) in [7, 11) is 0. The summed E-state index contributed by atoms with van der Waals surface area (Å²) in [6.45, 7) is 5.84. The predicted molar refractivity (Wildman–Crippen MR) is 156 cm³/mol. The molecule has 41 heavy (non-hydrogen) atoms. The summed E-state index contributed by atoms with van der Waals surface area (Å²) in [5, 5.41) is 28.1. The molecule has 2 aliphatic rings. The first-order valence-corrected chi connectivity index (χ1v) is 15.2. The molecule has 3 rings (SSSR count). The van der Waals surface area contributed by atoms with Gasteiger partial charge in [-0.3, -0.25) is 19.2 Å². The first-order chi connectivity index (χ1) is 19.6. The Balaban J connectivity index is 1.86. The highest BCUT2D eigenvalue weighted by Crippen LogP contribution is 2.22. The molecular weight excluding hydrogens is 524 g/mol. The average molecular weight is 573 g/mol. The topological polar surface area (TPSA) is 148 Å². The van der Waals surface area contributed by atoms with Crippen LogP contribution < -0.4 is 16.0 Å². The van der Waals surface area contributed by atoms with E-state index in [4.69, 9.17) is 0 Å². The van der Waals surface area contributed by atoms with Crippen LogP contribution in [0.15, 0.2) is 30.3 Å². The molecule has 5 N–H and O–H groups in total. The minimum Gasteiger partial charge on any atom is -0.391 e. The molecule has 7 atom stereocenters. The third kappa shape index (κ3) is 9.26. The van der Waals surface area contributed by atoms with Crippen LogP contribution in [0.3, 0.4) is 0 Å². The van der Waals surface area contributed by atoms with Crippen molar-refractivity contribution in [1.29, 1.82) is 0 Å². The van der Waals surface area contributed by atoms with Crippen molar-refractivity contribution >= 4 is 23.6 Å². The fraction of sp³-hybridized carbons (Fsp3) is 0.677. The van der Waals surface area contributed by atoms with Gasteiger partial charge in [0.05, 0.1) is 12.2 Å². The summed E-state index contributed by atoms with van der Waals surface area (Å²) in [4.78, 5) is 56.3. The summed E-state index contributed by atoms with van der Waals surface area (Å²) in [5.41, 5.74) is 0.861. The smallest absolute Gasteiger partial charge is 0.246 e. The second kappa shape index (κ2) is 15.9. The van der Waals surface area contributed by atoms with Crippen molar-refractivity contribution in [2.24, 2.45) is 5.92 Å². The van der Waals surface area contributed by atoms with Gasteiger partial charge < -0.3 is 31.1 Å². The molecule has 0 spiro atoms. The van der Waals surface area contributed by atoms with Crippen LogP contribution >= 0.6 is 0 Å². The zero-order valence-corrected chi connectivity index (χ0v) is 24.7. The van der Waals surface area contributed by atoms with Crippen LogP contribution in [0.5, 0.6) is 0 Å². The molecular formula is C31H48N4O6. The van der Waals surface area contributed by atoms with Gasteiger partial charge in [-0.05, 0) is 50.5 Å². The van der Waals surface area contributed by atoms with Gasteiger partial charge in [0.2, 0.25) is 23.6 Å². The van der Waals surface area contributed by atoms with Crippen molar-refractivity contribution in [3.05, 3.63) is 35.9 Å². The minimum atomic E-state index is -0.929. The maximum Gasteiger partial charge on any atom is 0.246 e. The molecule has 0 aliphatic carbocycles. The lowest BCUT2D eigenvalue weighted by Crippen LogP contribution is -2.64. The highest BCUT2D eigenvalue weighted by molar-refractivity contribution is 5.97. The summed E-state index contributed by atoms with van der Waals surface area (Å²) in [5.74, 6) is -1.63. The summed E-state index contributed by atoms with van der Waals surface area (Å²) < 4.78 is 0. The largest absolute Gasteiger partial charge is 0.391 e. The van der Waals surface area contributed by atoms with E-state index in [2.05, 4.69) is 16.0 Å². The van der Waals surface area contributed by atoms with Crippen molar-refractivity contribution in [3.8, 4) is 0 Å². The number of benzene rings is 1. The van der Waals surface area contributed by atoms with Crippen LogP contribution in [0.2, 0.25) is 0 Å². The maximum atomic E-state index is 13.9. The number of rotatable bonds is 11. The van der Waals surface area contributed by atoms with E-state index in [0.717, 1.165) is 18.4 Å². The molecule has 0 radical (unpaired) electrons. The van der Waals surface area contributed by atoms with Gasteiger partial charge in [0.25, 0.3) is 0 Å². The lowest BCUT2D eigenvalue weighted by atomic mass is 9.93. The van der Waals surface area contributed by atoms with Crippen LogP contribution in [0.4, 0.5) is 0 Å². The number of hydrogen-bond donors (Lipinski definition) is 5. The van der Waals surface area contributed by atoms with E-state index in [0.29, 0.717) is 51.5 Å². The summed E-state index contributed by atoms with van der Waals surface area (Å²) in [6.07, 6.45) is 4.11. The molecule has 1 aromatic rings. The van der Waals surface area contributed by atoms with Crippen LogP contribution in [0.1, 0.15) is 84.1 Å². The summed E-state index contributed by atoms with van der Waals surface area (Å²) >= 11 is 0. The Bertz CT molecular complexity index is 1020. The first-order valence-electron chi connectivity index (χ1n) is 15.2. The van der Waals surface area contributed by atoms with Crippen LogP contribution in [-0.4, -0.2) is 81.7 Å². The molecule has 0 saturated carbocycles. The monoisotopic (exact) mass is 572 g/mol. The molecule has 1 aromatic carbocycles. The third-order valence-electron chi connectivity index (χ3n) is 8.46. The molecule has 2 heterocycles. The number of hydrogen-bond acceptors (Lipinski definition) is 6. The third-order valence-corrected chi connectivity index (χ3v) is 8.46. The second-order valence-corrected chi connectivity index (χ2v) is 11.7. The van der Waals surface area contributed by atoms with Crippen molar-refractivity contribution in [2.75, 3.05) is 6.54 Å². The van der Waals surface area contributed by atoms with Crippen LogP contribution in [0, 0.1) is 5.92 Å². The molecule has 2 fully saturated rings. The number of fused-ring (bicyclic) bond motifs is 1. The first kappa shape index (κ1) is 32.5. The predicted octanol–water partition coefficient (Wildman–Crippen LogP) is 1.82. The van der Waals surface area contributed by atoms with Crippen molar-refractivity contribution in [3.63, 3.8) is 0 Å². The van der Waals surface area contributed by atoms with E-state index in [1.807, 2.05) is 44.2 Å². The molecule has 10 nitrogen and oxygen atoms in total. The van der Waals surface area contributed by atoms with Crippen LogP contribution in [0.25, 0.3) is 0 Å². The molecule has 10 heteroatoms.